The molecule has 2 N–H and O–H groups in total. The zero-order valence-electron chi connectivity index (χ0n) is 10.6. The summed E-state index contributed by atoms with van der Waals surface area (Å²) < 4.78 is 0. The third-order valence-electron chi connectivity index (χ3n) is 5.23. The Morgan fingerprint density at radius 2 is 1.75 bits per heavy atom. The highest BCUT2D eigenvalue weighted by molar-refractivity contribution is 4.98. The molecule has 2 heterocycles. The molecule has 3 fully saturated rings. The Labute approximate surface area is 99.6 Å². The van der Waals surface area contributed by atoms with Crippen molar-refractivity contribution in [2.24, 2.45) is 11.7 Å². The first kappa shape index (κ1) is 11.0. The summed E-state index contributed by atoms with van der Waals surface area (Å²) in [6.07, 6.45) is 11.2. The van der Waals surface area contributed by atoms with Crippen molar-refractivity contribution in [3.8, 4) is 0 Å². The molecule has 3 unspecified atom stereocenters. The Hall–Kier alpha value is -0.0800. The number of fused-ring (bicyclic) bond motifs is 2. The van der Waals surface area contributed by atoms with E-state index in [1.165, 1.54) is 51.4 Å². The Morgan fingerprint density at radius 1 is 1.12 bits per heavy atom. The number of nitrogens with zero attached hydrogens (tertiary/aromatic N) is 1. The van der Waals surface area contributed by atoms with Gasteiger partial charge < -0.3 is 5.73 Å². The lowest BCUT2D eigenvalue weighted by atomic mass is 9.80. The first-order chi connectivity index (χ1) is 7.74. The highest BCUT2D eigenvalue weighted by atomic mass is 15.2. The molecule has 1 saturated carbocycles. The van der Waals surface area contributed by atoms with E-state index in [1.807, 2.05) is 0 Å². The second-order valence-corrected chi connectivity index (χ2v) is 6.45. The van der Waals surface area contributed by atoms with Gasteiger partial charge in [0.15, 0.2) is 0 Å². The lowest BCUT2D eigenvalue weighted by Crippen LogP contribution is -2.51. The molecule has 2 heteroatoms. The molecule has 0 aromatic heterocycles. The fourth-order valence-corrected chi connectivity index (χ4v) is 4.31. The summed E-state index contributed by atoms with van der Waals surface area (Å²) in [5.41, 5.74) is 6.13. The first-order valence-corrected chi connectivity index (χ1v) is 7.27. The predicted octanol–water partition coefficient (Wildman–Crippen LogP) is 2.52. The van der Waals surface area contributed by atoms with Crippen LogP contribution in [0.2, 0.25) is 0 Å². The first-order valence-electron chi connectivity index (χ1n) is 7.27. The smallest absolute Gasteiger partial charge is 0.0116 e. The van der Waals surface area contributed by atoms with Crippen molar-refractivity contribution in [1.82, 2.24) is 4.90 Å². The van der Waals surface area contributed by atoms with Crippen LogP contribution in [0.3, 0.4) is 0 Å². The summed E-state index contributed by atoms with van der Waals surface area (Å²) in [6, 6.07) is 2.95. The van der Waals surface area contributed by atoms with E-state index in [2.05, 4.69) is 11.8 Å². The molecular weight excluding hydrogens is 196 g/mol. The van der Waals surface area contributed by atoms with Crippen LogP contribution in [0.25, 0.3) is 0 Å². The summed E-state index contributed by atoms with van der Waals surface area (Å²) in [5, 5.41) is 0. The standard InChI is InChI=1S/C14H26N2/c1-10(7-11-3-2-4-11)16-13-5-6-14(16)9-12(15)8-13/h10-14H,2-9,15H2,1H3. The number of hydrogen-bond acceptors (Lipinski definition) is 2. The second-order valence-electron chi connectivity index (χ2n) is 6.45. The largest absolute Gasteiger partial charge is 0.328 e. The normalized spacial score (nSPS) is 42.0. The molecule has 3 aliphatic rings. The van der Waals surface area contributed by atoms with E-state index in [0.717, 1.165) is 24.0 Å². The van der Waals surface area contributed by atoms with Crippen molar-refractivity contribution < 1.29 is 0 Å². The molecular formula is C14H26N2. The number of piperidine rings is 1. The van der Waals surface area contributed by atoms with Crippen LogP contribution in [0.4, 0.5) is 0 Å². The van der Waals surface area contributed by atoms with Crippen LogP contribution in [-0.2, 0) is 0 Å². The molecule has 0 spiro atoms. The number of hydrogen-bond donors (Lipinski definition) is 1. The maximum absolute atomic E-state index is 6.13. The third kappa shape index (κ3) is 1.91. The van der Waals surface area contributed by atoms with Gasteiger partial charge in [0.1, 0.15) is 0 Å². The molecule has 92 valence electrons. The van der Waals surface area contributed by atoms with Crippen LogP contribution in [0, 0.1) is 5.92 Å². The maximum Gasteiger partial charge on any atom is 0.0116 e. The lowest BCUT2D eigenvalue weighted by Gasteiger charge is -2.43. The van der Waals surface area contributed by atoms with Crippen molar-refractivity contribution in [3.05, 3.63) is 0 Å². The Bertz CT molecular complexity index is 235. The summed E-state index contributed by atoms with van der Waals surface area (Å²) in [5.74, 6) is 1.05. The van der Waals surface area contributed by atoms with Gasteiger partial charge in [-0.1, -0.05) is 19.3 Å². The van der Waals surface area contributed by atoms with Crippen molar-refractivity contribution >= 4 is 0 Å². The van der Waals surface area contributed by atoms with E-state index in [0.29, 0.717) is 6.04 Å². The van der Waals surface area contributed by atoms with Crippen LogP contribution in [0.1, 0.15) is 58.3 Å². The maximum atomic E-state index is 6.13. The summed E-state index contributed by atoms with van der Waals surface area (Å²) in [7, 11) is 0. The second kappa shape index (κ2) is 4.30. The molecule has 3 rings (SSSR count). The molecule has 3 atom stereocenters. The molecule has 0 aromatic rings. The van der Waals surface area contributed by atoms with E-state index >= 15 is 0 Å². The van der Waals surface area contributed by atoms with E-state index in [1.54, 1.807) is 0 Å². The Balaban J connectivity index is 1.61. The minimum absolute atomic E-state index is 0.490. The van der Waals surface area contributed by atoms with Crippen molar-refractivity contribution in [2.75, 3.05) is 0 Å². The minimum atomic E-state index is 0.490. The molecule has 2 saturated heterocycles. The number of rotatable bonds is 3. The fraction of sp³-hybridized carbons (Fsp3) is 1.00. The van der Waals surface area contributed by atoms with Crippen LogP contribution < -0.4 is 5.73 Å². The Kier molecular flexibility index (Phi) is 2.97. The molecule has 0 amide bonds. The quantitative estimate of drug-likeness (QED) is 0.795. The predicted molar refractivity (Wildman–Crippen MR) is 67.3 cm³/mol. The van der Waals surface area contributed by atoms with Gasteiger partial charge in [-0.2, -0.15) is 0 Å². The van der Waals surface area contributed by atoms with Gasteiger partial charge in [0.05, 0.1) is 0 Å². The SMILES string of the molecule is CC(CC1CCC1)N1C2CCC1CC(N)C2. The van der Waals surface area contributed by atoms with Crippen LogP contribution >= 0.6 is 0 Å². The average Bonchev–Trinajstić information content (AvgIpc) is 2.45. The minimum Gasteiger partial charge on any atom is -0.328 e. The Morgan fingerprint density at radius 3 is 2.25 bits per heavy atom. The molecule has 0 radical (unpaired) electrons. The number of nitrogens with two attached hydrogens (primary N) is 1. The van der Waals surface area contributed by atoms with E-state index in [4.69, 9.17) is 5.73 Å². The summed E-state index contributed by atoms with van der Waals surface area (Å²) in [6.45, 7) is 2.46. The van der Waals surface area contributed by atoms with Gasteiger partial charge in [0.2, 0.25) is 0 Å². The highest BCUT2D eigenvalue weighted by Gasteiger charge is 2.42. The van der Waals surface area contributed by atoms with Gasteiger partial charge >= 0.3 is 0 Å². The van der Waals surface area contributed by atoms with Crippen molar-refractivity contribution in [2.45, 2.75) is 82.5 Å². The van der Waals surface area contributed by atoms with Crippen molar-refractivity contribution in [3.63, 3.8) is 0 Å². The fourth-order valence-electron chi connectivity index (χ4n) is 4.31. The molecule has 16 heavy (non-hydrogen) atoms. The average molecular weight is 222 g/mol. The molecule has 1 aliphatic carbocycles. The monoisotopic (exact) mass is 222 g/mol. The lowest BCUT2D eigenvalue weighted by molar-refractivity contribution is 0.0641. The highest BCUT2D eigenvalue weighted by Crippen LogP contribution is 2.39. The zero-order chi connectivity index (χ0) is 11.1. The van der Waals surface area contributed by atoms with Gasteiger partial charge in [-0.25, -0.2) is 0 Å². The molecule has 2 nitrogen and oxygen atoms in total. The van der Waals surface area contributed by atoms with Crippen molar-refractivity contribution in [1.29, 1.82) is 0 Å². The van der Waals surface area contributed by atoms with E-state index in [9.17, 15) is 0 Å². The van der Waals surface area contributed by atoms with E-state index in [-0.39, 0.29) is 0 Å². The van der Waals surface area contributed by atoms with Gasteiger partial charge in [-0.15, -0.1) is 0 Å². The topological polar surface area (TPSA) is 29.3 Å². The van der Waals surface area contributed by atoms with Gasteiger partial charge in [0.25, 0.3) is 0 Å². The van der Waals surface area contributed by atoms with Crippen LogP contribution in [0.15, 0.2) is 0 Å². The summed E-state index contributed by atoms with van der Waals surface area (Å²) >= 11 is 0. The third-order valence-corrected chi connectivity index (χ3v) is 5.23. The van der Waals surface area contributed by atoms with E-state index < -0.39 is 0 Å². The molecule has 0 aromatic carbocycles. The molecule has 2 aliphatic heterocycles. The zero-order valence-corrected chi connectivity index (χ0v) is 10.6. The van der Waals surface area contributed by atoms with Crippen LogP contribution in [-0.4, -0.2) is 29.1 Å². The van der Waals surface area contributed by atoms with Gasteiger partial charge in [0, 0.05) is 24.2 Å². The van der Waals surface area contributed by atoms with Crippen LogP contribution in [0.5, 0.6) is 0 Å². The summed E-state index contributed by atoms with van der Waals surface area (Å²) in [4.78, 5) is 2.84. The molecule has 2 bridgehead atoms. The van der Waals surface area contributed by atoms with Gasteiger partial charge in [-0.05, 0) is 44.9 Å². The van der Waals surface area contributed by atoms with Gasteiger partial charge in [-0.3, -0.25) is 4.90 Å².